The van der Waals surface area contributed by atoms with Gasteiger partial charge in [-0.2, -0.15) is 0 Å². The smallest absolute Gasteiger partial charge is 0.219 e. The highest BCUT2D eigenvalue weighted by Crippen LogP contribution is 2.11. The molecule has 144 valence electrons. The van der Waals surface area contributed by atoms with Gasteiger partial charge in [-0.25, -0.2) is 0 Å². The molecule has 0 rings (SSSR count). The van der Waals surface area contributed by atoms with E-state index in [0.717, 1.165) is 39.0 Å². The van der Waals surface area contributed by atoms with Gasteiger partial charge in [-0.15, -0.1) is 0 Å². The summed E-state index contributed by atoms with van der Waals surface area (Å²) >= 11 is 0. The van der Waals surface area contributed by atoms with Gasteiger partial charge in [0.15, 0.2) is 0 Å². The van der Waals surface area contributed by atoms with Crippen molar-refractivity contribution in [1.29, 1.82) is 0 Å². The lowest BCUT2D eigenvalue weighted by molar-refractivity contribution is -0.121. The van der Waals surface area contributed by atoms with Crippen molar-refractivity contribution in [3.05, 3.63) is 0 Å². The van der Waals surface area contributed by atoms with Crippen LogP contribution in [0.3, 0.4) is 0 Å². The Morgan fingerprint density at radius 2 is 1.21 bits per heavy atom. The van der Waals surface area contributed by atoms with Crippen molar-refractivity contribution in [3.8, 4) is 0 Å². The maximum atomic E-state index is 11.8. The molecule has 0 spiro atoms. The van der Waals surface area contributed by atoms with Crippen molar-refractivity contribution in [2.75, 3.05) is 26.2 Å². The predicted octanol–water partition coefficient (Wildman–Crippen LogP) is 5.54. The normalized spacial score (nSPS) is 11.2. The Labute approximate surface area is 152 Å². The zero-order valence-corrected chi connectivity index (χ0v) is 16.9. The molecule has 0 aromatic carbocycles. The third-order valence-electron chi connectivity index (χ3n) is 4.88. The Hall–Kier alpha value is -0.570. The first-order valence-corrected chi connectivity index (χ1v) is 10.7. The minimum absolute atomic E-state index is 0.241. The number of hydrogen-bond acceptors (Lipinski definition) is 2. The van der Waals surface area contributed by atoms with E-state index in [1.807, 2.05) is 0 Å². The van der Waals surface area contributed by atoms with Crippen LogP contribution in [0.4, 0.5) is 0 Å². The molecule has 0 aromatic heterocycles. The molecule has 0 aliphatic rings. The summed E-state index contributed by atoms with van der Waals surface area (Å²) in [6, 6.07) is 0. The van der Waals surface area contributed by atoms with Gasteiger partial charge in [0.25, 0.3) is 0 Å². The van der Waals surface area contributed by atoms with Gasteiger partial charge in [-0.1, -0.05) is 85.0 Å². The molecular weight excluding hydrogens is 296 g/mol. The fourth-order valence-corrected chi connectivity index (χ4v) is 3.11. The van der Waals surface area contributed by atoms with E-state index < -0.39 is 0 Å². The van der Waals surface area contributed by atoms with Gasteiger partial charge in [0.1, 0.15) is 0 Å². The SMILES string of the molecule is CCCCCCCCCCCCCC(=O)NCCCN(CC)CC. The molecule has 1 amide bonds. The van der Waals surface area contributed by atoms with Crippen LogP contribution in [0.25, 0.3) is 0 Å². The molecule has 0 aromatic rings. The van der Waals surface area contributed by atoms with Crippen LogP contribution >= 0.6 is 0 Å². The molecule has 1 N–H and O–H groups in total. The summed E-state index contributed by atoms with van der Waals surface area (Å²) in [5.41, 5.74) is 0. The van der Waals surface area contributed by atoms with E-state index in [9.17, 15) is 4.79 Å². The first kappa shape index (κ1) is 23.4. The Balaban J connectivity index is 3.23. The van der Waals surface area contributed by atoms with Gasteiger partial charge in [0, 0.05) is 13.0 Å². The average molecular weight is 341 g/mol. The Kier molecular flexibility index (Phi) is 18.3. The molecule has 0 heterocycles. The van der Waals surface area contributed by atoms with Crippen molar-refractivity contribution in [2.45, 2.75) is 104 Å². The van der Waals surface area contributed by atoms with E-state index in [-0.39, 0.29) is 5.91 Å². The lowest BCUT2D eigenvalue weighted by Gasteiger charge is -2.17. The molecule has 0 aliphatic heterocycles. The molecule has 24 heavy (non-hydrogen) atoms. The minimum Gasteiger partial charge on any atom is -0.356 e. The number of rotatable bonds is 18. The lowest BCUT2D eigenvalue weighted by Crippen LogP contribution is -2.29. The Morgan fingerprint density at radius 1 is 0.708 bits per heavy atom. The van der Waals surface area contributed by atoms with Gasteiger partial charge in [-0.05, 0) is 32.5 Å². The molecular formula is C21H44N2O. The predicted molar refractivity (Wildman–Crippen MR) is 106 cm³/mol. The molecule has 0 saturated heterocycles. The van der Waals surface area contributed by atoms with E-state index in [1.54, 1.807) is 0 Å². The van der Waals surface area contributed by atoms with Gasteiger partial charge >= 0.3 is 0 Å². The summed E-state index contributed by atoms with van der Waals surface area (Å²) in [5.74, 6) is 0.241. The molecule has 3 heteroatoms. The molecule has 0 unspecified atom stereocenters. The topological polar surface area (TPSA) is 32.3 Å². The van der Waals surface area contributed by atoms with Crippen LogP contribution in [0.15, 0.2) is 0 Å². The standard InChI is InChI=1S/C21H44N2O/c1-4-7-8-9-10-11-12-13-14-15-16-18-21(24)22-19-17-20-23(5-2)6-3/h4-20H2,1-3H3,(H,22,24). The second-order valence-electron chi connectivity index (χ2n) is 7.02. The van der Waals surface area contributed by atoms with Crippen LogP contribution in [0.1, 0.15) is 104 Å². The highest BCUT2D eigenvalue weighted by molar-refractivity contribution is 5.75. The number of unbranched alkanes of at least 4 members (excludes halogenated alkanes) is 10. The van der Waals surface area contributed by atoms with Crippen molar-refractivity contribution in [1.82, 2.24) is 10.2 Å². The molecule has 0 radical (unpaired) electrons. The van der Waals surface area contributed by atoms with E-state index >= 15 is 0 Å². The summed E-state index contributed by atoms with van der Waals surface area (Å²) in [6.07, 6.45) is 16.4. The number of carbonyl (C=O) groups excluding carboxylic acids is 1. The quantitative estimate of drug-likeness (QED) is 0.332. The van der Waals surface area contributed by atoms with E-state index in [2.05, 4.69) is 31.0 Å². The monoisotopic (exact) mass is 340 g/mol. The highest BCUT2D eigenvalue weighted by Gasteiger charge is 2.02. The minimum atomic E-state index is 0.241. The molecule has 0 bridgehead atoms. The third kappa shape index (κ3) is 16.3. The summed E-state index contributed by atoms with van der Waals surface area (Å²) in [5, 5.41) is 3.06. The van der Waals surface area contributed by atoms with Crippen LogP contribution in [0.2, 0.25) is 0 Å². The van der Waals surface area contributed by atoms with Crippen molar-refractivity contribution < 1.29 is 4.79 Å². The highest BCUT2D eigenvalue weighted by atomic mass is 16.1. The fourth-order valence-electron chi connectivity index (χ4n) is 3.11. The van der Waals surface area contributed by atoms with Gasteiger partial charge in [-0.3, -0.25) is 4.79 Å². The summed E-state index contributed by atoms with van der Waals surface area (Å²) in [4.78, 5) is 14.2. The van der Waals surface area contributed by atoms with Gasteiger partial charge in [0.2, 0.25) is 5.91 Å². The Bertz CT molecular complexity index is 265. The number of nitrogens with one attached hydrogen (secondary N) is 1. The third-order valence-corrected chi connectivity index (χ3v) is 4.88. The molecule has 0 aliphatic carbocycles. The number of amides is 1. The maximum absolute atomic E-state index is 11.8. The van der Waals surface area contributed by atoms with Crippen molar-refractivity contribution in [3.63, 3.8) is 0 Å². The van der Waals surface area contributed by atoms with Gasteiger partial charge < -0.3 is 10.2 Å². The van der Waals surface area contributed by atoms with Crippen LogP contribution < -0.4 is 5.32 Å². The number of carbonyl (C=O) groups is 1. The summed E-state index contributed by atoms with van der Waals surface area (Å²) < 4.78 is 0. The number of hydrogen-bond donors (Lipinski definition) is 1. The first-order valence-electron chi connectivity index (χ1n) is 10.7. The van der Waals surface area contributed by atoms with E-state index in [1.165, 1.54) is 64.2 Å². The zero-order chi connectivity index (χ0) is 17.9. The second-order valence-corrected chi connectivity index (χ2v) is 7.02. The van der Waals surface area contributed by atoms with E-state index in [4.69, 9.17) is 0 Å². The summed E-state index contributed by atoms with van der Waals surface area (Å²) in [7, 11) is 0. The second kappa shape index (κ2) is 18.8. The lowest BCUT2D eigenvalue weighted by atomic mass is 10.1. The molecule has 0 fully saturated rings. The maximum Gasteiger partial charge on any atom is 0.219 e. The van der Waals surface area contributed by atoms with Gasteiger partial charge in [0.05, 0.1) is 0 Å². The first-order chi connectivity index (χ1) is 11.7. The Morgan fingerprint density at radius 3 is 1.71 bits per heavy atom. The molecule has 0 atom stereocenters. The van der Waals surface area contributed by atoms with E-state index in [0.29, 0.717) is 6.42 Å². The average Bonchev–Trinajstić information content (AvgIpc) is 2.60. The largest absolute Gasteiger partial charge is 0.356 e. The summed E-state index contributed by atoms with van der Waals surface area (Å²) in [6.45, 7) is 10.8. The van der Waals surface area contributed by atoms with Crippen molar-refractivity contribution >= 4 is 5.91 Å². The zero-order valence-electron chi connectivity index (χ0n) is 16.9. The van der Waals surface area contributed by atoms with Crippen LogP contribution in [-0.4, -0.2) is 37.0 Å². The molecule has 3 nitrogen and oxygen atoms in total. The van der Waals surface area contributed by atoms with Crippen LogP contribution in [-0.2, 0) is 4.79 Å². The number of nitrogens with zero attached hydrogens (tertiary/aromatic N) is 1. The van der Waals surface area contributed by atoms with Crippen LogP contribution in [0.5, 0.6) is 0 Å². The fraction of sp³-hybridized carbons (Fsp3) is 0.952. The van der Waals surface area contributed by atoms with Crippen LogP contribution in [0, 0.1) is 0 Å². The molecule has 0 saturated carbocycles. The van der Waals surface area contributed by atoms with Crippen molar-refractivity contribution in [2.24, 2.45) is 0 Å².